The second-order valence-corrected chi connectivity index (χ2v) is 33.1. The number of hydrogen-bond acceptors (Lipinski definition) is 17. The Kier molecular flexibility index (Phi) is 18.1. The number of allylic oxidation sites excluding steroid dienone is 5. The van der Waals surface area contributed by atoms with Gasteiger partial charge in [-0.2, -0.15) is 0 Å². The number of aryl methyl sites for hydroxylation is 1. The van der Waals surface area contributed by atoms with E-state index in [2.05, 4.69) is 91.4 Å². The average molecular weight is 1300 g/mol. The van der Waals surface area contributed by atoms with Crippen molar-refractivity contribution in [3.63, 3.8) is 0 Å². The van der Waals surface area contributed by atoms with Gasteiger partial charge in [-0.15, -0.1) is 0 Å². The first-order valence-electron chi connectivity index (χ1n) is 35.1. The molecule has 15 nitrogen and oxygen atoms in total. The van der Waals surface area contributed by atoms with E-state index in [0.29, 0.717) is 54.7 Å². The number of carbonyl (C=O) groups excluding carboxylic acids is 1. The quantitative estimate of drug-likeness (QED) is 0.0386. The van der Waals surface area contributed by atoms with Crippen LogP contribution in [0.15, 0.2) is 102 Å². The maximum absolute atomic E-state index is 14.1. The first kappa shape index (κ1) is 65.3. The Morgan fingerprint density at radius 3 is 2.51 bits per heavy atom. The number of fused-ring (bicyclic) bond motifs is 13. The molecule has 14 rings (SSSR count). The molecule has 7 fully saturated rings. The first-order valence-corrected chi connectivity index (χ1v) is 37.4. The summed E-state index contributed by atoms with van der Waals surface area (Å²) in [6.07, 6.45) is 23.6. The molecule has 7 aliphatic carbocycles. The largest absolute Gasteiger partial charge is 0.485 e. The van der Waals surface area contributed by atoms with Gasteiger partial charge in [0.1, 0.15) is 23.9 Å². The Morgan fingerprint density at radius 1 is 0.859 bits per heavy atom. The van der Waals surface area contributed by atoms with Gasteiger partial charge in [0.05, 0.1) is 30.7 Å². The van der Waals surface area contributed by atoms with Gasteiger partial charge in [-0.25, -0.2) is 0 Å². The Hall–Kier alpha value is -3.95. The van der Waals surface area contributed by atoms with Crippen LogP contribution in [0.3, 0.4) is 0 Å². The normalized spacial score (nSPS) is 41.6. The van der Waals surface area contributed by atoms with Crippen LogP contribution in [-0.4, -0.2) is 145 Å². The minimum Gasteiger partial charge on any atom is -0.485 e. The number of aliphatic hydroxyl groups is 7. The molecular formula is C75H100N2O13S2. The molecule has 5 spiro atoms. The molecule has 5 saturated carbocycles. The van der Waals surface area contributed by atoms with Crippen LogP contribution in [0.1, 0.15) is 159 Å². The maximum atomic E-state index is 14.1. The van der Waals surface area contributed by atoms with Gasteiger partial charge in [0.2, 0.25) is 12.0 Å². The molecule has 9 N–H and O–H groups in total. The third-order valence-electron chi connectivity index (χ3n) is 25.7. The molecule has 2 saturated heterocycles. The molecule has 0 amide bonds. The fraction of sp³-hybridized carbons (Fsp3) is 0.667. The van der Waals surface area contributed by atoms with E-state index in [1.54, 1.807) is 36.1 Å². The monoisotopic (exact) mass is 1300 g/mol. The van der Waals surface area contributed by atoms with Crippen molar-refractivity contribution in [1.82, 2.24) is 10.6 Å². The summed E-state index contributed by atoms with van der Waals surface area (Å²) in [7, 11) is 5.59. The highest BCUT2D eigenvalue weighted by atomic mass is 33.1. The number of furan rings is 1. The van der Waals surface area contributed by atoms with Crippen LogP contribution >= 0.6 is 21.6 Å². The Labute approximate surface area is 550 Å². The van der Waals surface area contributed by atoms with E-state index in [4.69, 9.17) is 23.4 Å². The zero-order valence-corrected chi connectivity index (χ0v) is 55.8. The smallest absolute Gasteiger partial charge is 0.306 e. The van der Waals surface area contributed by atoms with E-state index in [1.807, 2.05) is 22.9 Å². The molecule has 19 atom stereocenters. The summed E-state index contributed by atoms with van der Waals surface area (Å²) >= 11 is 0. The lowest BCUT2D eigenvalue weighted by molar-refractivity contribution is -0.424. The van der Waals surface area contributed by atoms with Crippen molar-refractivity contribution in [3.8, 4) is 11.5 Å². The van der Waals surface area contributed by atoms with Gasteiger partial charge >= 0.3 is 5.97 Å². The minimum atomic E-state index is -2.52. The first-order chi connectivity index (χ1) is 44.4. The van der Waals surface area contributed by atoms with Crippen LogP contribution in [0.4, 0.5) is 0 Å². The standard InChI is InChI=1S/C75H100N2O13S2/c1-4-86-61(81)24-21-52-39-53-27-36-87-63(53)65-64(52)89-67-75(85)62-54(20-22-57(79)55(62)43-78)41-73(84,66(75)82)74(90-67)46-91-92-72(59(77-35-37-88-65)23-17-47(2)12-11-16-60(74)80)45-69(29-9-10-30-69)71(32-25-48(40-71)42-76-3)58(72)26-31-70(83)34-33-68(44-70)28-8-7-15-56(68)51-19-18-49-13-5-6-14-50(49)38-51/h5-8,13-15,18-20,22,27-28,36,38-39,47-48,54-60,62,66-67,76-80,82-85H,4,9-12,16-17,21,23-26,29-35,37,40-46H2,1-3H3/t47-,48+,54-,55+,56-,57-,58+,59-,60+,62-,66-,67+,68-,70-,71+,72+,73-,74+,75+/m0/s1. The number of hydrogen-bond donors (Lipinski definition) is 9. The van der Waals surface area contributed by atoms with E-state index in [1.165, 1.54) is 16.3 Å². The molecule has 3 aromatic carbocycles. The molecule has 0 radical (unpaired) electrons. The van der Waals surface area contributed by atoms with Crippen molar-refractivity contribution in [3.05, 3.63) is 108 Å². The zero-order chi connectivity index (χ0) is 63.9. The Morgan fingerprint density at radius 2 is 1.70 bits per heavy atom. The van der Waals surface area contributed by atoms with E-state index < -0.39 is 82.1 Å². The van der Waals surface area contributed by atoms with Crippen molar-refractivity contribution in [2.24, 2.45) is 51.8 Å². The number of carbonyl (C=O) groups is 1. The number of esters is 1. The van der Waals surface area contributed by atoms with Crippen molar-refractivity contribution in [1.29, 1.82) is 0 Å². The third kappa shape index (κ3) is 10.7. The molecule has 17 heteroatoms. The highest BCUT2D eigenvalue weighted by Crippen LogP contribution is 2.78. The summed E-state index contributed by atoms with van der Waals surface area (Å²) in [6, 6.07) is 19.1. The summed E-state index contributed by atoms with van der Waals surface area (Å²) in [5.74, 6) is -1.98. The lowest BCUT2D eigenvalue weighted by Gasteiger charge is -2.67. The predicted octanol–water partition coefficient (Wildman–Crippen LogP) is 11.2. The van der Waals surface area contributed by atoms with Crippen LogP contribution in [0.2, 0.25) is 0 Å². The van der Waals surface area contributed by atoms with Crippen LogP contribution in [0.25, 0.3) is 21.7 Å². The van der Waals surface area contributed by atoms with Gasteiger partial charge in [-0.1, -0.05) is 133 Å². The van der Waals surface area contributed by atoms with Gasteiger partial charge in [-0.3, -0.25) is 4.79 Å². The Balaban J connectivity index is 0.919. The van der Waals surface area contributed by atoms with E-state index in [-0.39, 0.29) is 96.2 Å². The fourth-order valence-corrected chi connectivity index (χ4v) is 25.8. The minimum absolute atomic E-state index is 0.00657. The number of aliphatic hydroxyl groups excluding tert-OH is 4. The zero-order valence-electron chi connectivity index (χ0n) is 54.2. The highest BCUT2D eigenvalue weighted by Gasteiger charge is 2.79. The lowest BCUT2D eigenvalue weighted by atomic mass is 9.50. The van der Waals surface area contributed by atoms with Gasteiger partial charge in [0.25, 0.3) is 0 Å². The molecule has 500 valence electrons. The summed E-state index contributed by atoms with van der Waals surface area (Å²) in [4.78, 5) is 13.3. The molecule has 4 aromatic rings. The van der Waals surface area contributed by atoms with Crippen LogP contribution in [0, 0.1) is 51.8 Å². The average Bonchev–Trinajstić information content (AvgIpc) is 1.01. The number of nitrogens with one attached hydrogen (secondary N) is 2. The molecular weight excluding hydrogens is 1200 g/mol. The lowest BCUT2D eigenvalue weighted by Crippen LogP contribution is -2.86. The molecule has 1 aromatic heterocycles. The topological polar surface area (TPSA) is 233 Å². The Bertz CT molecular complexity index is 3430. The molecule has 5 bridgehead atoms. The summed E-state index contributed by atoms with van der Waals surface area (Å²) in [6.45, 7) is 5.25. The summed E-state index contributed by atoms with van der Waals surface area (Å²) < 4.78 is 33.2. The molecule has 3 aliphatic heterocycles. The van der Waals surface area contributed by atoms with E-state index in [0.717, 1.165) is 90.0 Å². The highest BCUT2D eigenvalue weighted by molar-refractivity contribution is 8.77. The SMILES string of the molecule is CCOC(=O)CCc1cc2ccoc2c2c1O[C@@H]1O[C@@]3(CSS[C@@]4(CC5(CCCC5)[C@@]5(CC[C@@H](CNC)C5)[C@H]4CC[C@]4(O)CC[C@@]5(C=CC=C[C@H]5c5ccc6ccccc6c5)C4)[C@H](CC[C@@H](C)CCC[C@H]3O)NCCO2)[C@]2(O)C[C@@H]3C=C[C@H](O)[C@@H](CO)[C@H]3[C@@]1(O)[C@H]2O. The van der Waals surface area contributed by atoms with Crippen molar-refractivity contribution in [2.75, 3.05) is 45.7 Å². The van der Waals surface area contributed by atoms with Gasteiger partial charge in [-0.05, 0) is 192 Å². The second-order valence-electron chi connectivity index (χ2n) is 30.5. The van der Waals surface area contributed by atoms with E-state index in [9.17, 15) is 40.5 Å². The molecule has 4 heterocycles. The van der Waals surface area contributed by atoms with Crippen molar-refractivity contribution < 1.29 is 63.9 Å². The number of rotatable bonds is 11. The van der Waals surface area contributed by atoms with Crippen molar-refractivity contribution >= 4 is 49.3 Å². The summed E-state index contributed by atoms with van der Waals surface area (Å²) in [5, 5.41) is 103. The molecule has 0 unspecified atom stereocenters. The molecule has 92 heavy (non-hydrogen) atoms. The van der Waals surface area contributed by atoms with Gasteiger partial charge < -0.3 is 69.7 Å². The number of ether oxygens (including phenoxy) is 4. The fourth-order valence-electron chi connectivity index (χ4n) is 21.5. The van der Waals surface area contributed by atoms with E-state index >= 15 is 0 Å². The van der Waals surface area contributed by atoms with Crippen LogP contribution < -0.4 is 20.1 Å². The second kappa shape index (κ2) is 25.5. The van der Waals surface area contributed by atoms with Gasteiger partial charge in [0, 0.05) is 64.7 Å². The predicted molar refractivity (Wildman–Crippen MR) is 359 cm³/mol. The van der Waals surface area contributed by atoms with Crippen LogP contribution in [-0.2, 0) is 20.7 Å². The number of benzene rings is 3. The molecule has 10 aliphatic rings. The van der Waals surface area contributed by atoms with Crippen LogP contribution in [0.5, 0.6) is 11.5 Å². The van der Waals surface area contributed by atoms with Crippen molar-refractivity contribution in [2.45, 2.75) is 212 Å². The van der Waals surface area contributed by atoms with Gasteiger partial charge in [0.15, 0.2) is 16.9 Å². The summed E-state index contributed by atoms with van der Waals surface area (Å²) in [5.41, 5.74) is -5.92. The maximum Gasteiger partial charge on any atom is 0.306 e. The third-order valence-corrected chi connectivity index (χ3v) is 29.0.